The summed E-state index contributed by atoms with van der Waals surface area (Å²) in [6, 6.07) is 5.72. The Morgan fingerprint density at radius 2 is 2.10 bits per heavy atom. The van der Waals surface area contributed by atoms with Gasteiger partial charge in [-0.1, -0.05) is 26.3 Å². The Morgan fingerprint density at radius 3 is 2.65 bits per heavy atom. The lowest BCUT2D eigenvalue weighted by Gasteiger charge is -2.23. The molecule has 0 aromatic heterocycles. The van der Waals surface area contributed by atoms with Gasteiger partial charge >= 0.3 is 0 Å². The molecule has 2 amide bonds. The SMILES string of the molecule is CC[C@H](C)CC(=O)N(CC(=O)NC)c1cccc(F)c1. The quantitative estimate of drug-likeness (QED) is 0.869. The van der Waals surface area contributed by atoms with Gasteiger partial charge in [-0.3, -0.25) is 9.59 Å². The Balaban J connectivity index is 2.95. The van der Waals surface area contributed by atoms with Crippen LogP contribution in [0, 0.1) is 11.7 Å². The first kappa shape index (κ1) is 16.1. The Labute approximate surface area is 119 Å². The standard InChI is InChI=1S/C15H21FN2O2/c1-4-11(2)8-15(20)18(10-14(19)17-3)13-7-5-6-12(16)9-13/h5-7,9,11H,4,8,10H2,1-3H3,(H,17,19)/t11-/m0/s1. The van der Waals surface area contributed by atoms with Gasteiger partial charge in [0.05, 0.1) is 0 Å². The molecule has 1 aromatic carbocycles. The number of anilines is 1. The number of carbonyl (C=O) groups excluding carboxylic acids is 2. The van der Waals surface area contributed by atoms with Gasteiger partial charge in [-0.15, -0.1) is 0 Å². The van der Waals surface area contributed by atoms with E-state index in [1.54, 1.807) is 6.07 Å². The second kappa shape index (κ2) is 7.62. The first-order valence-corrected chi connectivity index (χ1v) is 6.74. The average Bonchev–Trinajstić information content (AvgIpc) is 2.43. The molecule has 0 heterocycles. The lowest BCUT2D eigenvalue weighted by Crippen LogP contribution is -2.40. The fourth-order valence-corrected chi connectivity index (χ4v) is 1.74. The molecule has 0 unspecified atom stereocenters. The Bertz CT molecular complexity index is 477. The summed E-state index contributed by atoms with van der Waals surface area (Å²) in [6.45, 7) is 3.87. The molecule has 4 nitrogen and oxygen atoms in total. The lowest BCUT2D eigenvalue weighted by atomic mass is 10.0. The number of benzene rings is 1. The number of hydrogen-bond acceptors (Lipinski definition) is 2. The molecule has 0 spiro atoms. The van der Waals surface area contributed by atoms with Crippen LogP contribution >= 0.6 is 0 Å². The predicted octanol–water partition coefficient (Wildman–Crippen LogP) is 2.34. The number of likely N-dealkylation sites (N-methyl/N-ethyl adjacent to an activating group) is 1. The molecular weight excluding hydrogens is 259 g/mol. The van der Waals surface area contributed by atoms with Crippen molar-refractivity contribution in [2.45, 2.75) is 26.7 Å². The smallest absolute Gasteiger partial charge is 0.239 e. The molecule has 0 radical (unpaired) electrons. The van der Waals surface area contributed by atoms with Crippen LogP contribution in [0.5, 0.6) is 0 Å². The number of halogens is 1. The third-order valence-corrected chi connectivity index (χ3v) is 3.22. The molecular formula is C15H21FN2O2. The van der Waals surface area contributed by atoms with E-state index in [0.717, 1.165) is 6.42 Å². The molecule has 5 heteroatoms. The predicted molar refractivity (Wildman–Crippen MR) is 76.9 cm³/mol. The summed E-state index contributed by atoms with van der Waals surface area (Å²) >= 11 is 0. The molecule has 0 saturated carbocycles. The van der Waals surface area contributed by atoms with Gasteiger partial charge in [-0.2, -0.15) is 0 Å². The van der Waals surface area contributed by atoms with Crippen LogP contribution in [-0.2, 0) is 9.59 Å². The second-order valence-electron chi connectivity index (χ2n) is 4.85. The largest absolute Gasteiger partial charge is 0.358 e. The molecule has 0 fully saturated rings. The van der Waals surface area contributed by atoms with E-state index in [2.05, 4.69) is 5.32 Å². The Morgan fingerprint density at radius 1 is 1.40 bits per heavy atom. The molecule has 1 rings (SSSR count). The minimum absolute atomic E-state index is 0.102. The second-order valence-corrected chi connectivity index (χ2v) is 4.85. The highest BCUT2D eigenvalue weighted by molar-refractivity contribution is 5.98. The minimum atomic E-state index is -0.430. The molecule has 110 valence electrons. The molecule has 0 aliphatic rings. The van der Waals surface area contributed by atoms with Crippen molar-refractivity contribution in [2.75, 3.05) is 18.5 Å². The van der Waals surface area contributed by atoms with Gasteiger partial charge in [0.25, 0.3) is 0 Å². The highest BCUT2D eigenvalue weighted by atomic mass is 19.1. The highest BCUT2D eigenvalue weighted by Crippen LogP contribution is 2.18. The number of nitrogens with zero attached hydrogens (tertiary/aromatic N) is 1. The summed E-state index contributed by atoms with van der Waals surface area (Å²) in [5.41, 5.74) is 0.405. The van der Waals surface area contributed by atoms with Crippen LogP contribution in [0.15, 0.2) is 24.3 Å². The molecule has 0 bridgehead atoms. The summed E-state index contributed by atoms with van der Waals surface area (Å²) in [4.78, 5) is 25.2. The van der Waals surface area contributed by atoms with E-state index in [1.165, 1.54) is 30.1 Å². The maximum atomic E-state index is 13.3. The third kappa shape index (κ3) is 4.64. The molecule has 0 aliphatic heterocycles. The summed E-state index contributed by atoms with van der Waals surface area (Å²) < 4.78 is 13.3. The van der Waals surface area contributed by atoms with Gasteiger partial charge in [0.1, 0.15) is 12.4 Å². The van der Waals surface area contributed by atoms with Gasteiger partial charge < -0.3 is 10.2 Å². The maximum Gasteiger partial charge on any atom is 0.239 e. The van der Waals surface area contributed by atoms with Crippen LogP contribution in [0.25, 0.3) is 0 Å². The van der Waals surface area contributed by atoms with E-state index >= 15 is 0 Å². The van der Waals surface area contributed by atoms with Crippen molar-refractivity contribution in [1.82, 2.24) is 5.32 Å². The van der Waals surface area contributed by atoms with Crippen molar-refractivity contribution in [3.63, 3.8) is 0 Å². The van der Waals surface area contributed by atoms with Crippen molar-refractivity contribution >= 4 is 17.5 Å². The van der Waals surface area contributed by atoms with Crippen molar-refractivity contribution in [2.24, 2.45) is 5.92 Å². The lowest BCUT2D eigenvalue weighted by molar-refractivity contribution is -0.124. The first-order valence-electron chi connectivity index (χ1n) is 6.74. The number of amides is 2. The zero-order valence-corrected chi connectivity index (χ0v) is 12.1. The number of rotatable bonds is 6. The van der Waals surface area contributed by atoms with Crippen LogP contribution in [0.1, 0.15) is 26.7 Å². The van der Waals surface area contributed by atoms with E-state index in [1.807, 2.05) is 13.8 Å². The first-order chi connectivity index (χ1) is 9.47. The van der Waals surface area contributed by atoms with Crippen LogP contribution in [0.2, 0.25) is 0 Å². The number of hydrogen-bond donors (Lipinski definition) is 1. The average molecular weight is 280 g/mol. The molecule has 0 saturated heterocycles. The monoisotopic (exact) mass is 280 g/mol. The number of carbonyl (C=O) groups is 2. The van der Waals surface area contributed by atoms with E-state index in [4.69, 9.17) is 0 Å². The van der Waals surface area contributed by atoms with Gasteiger partial charge in [-0.25, -0.2) is 4.39 Å². The molecule has 1 aromatic rings. The topological polar surface area (TPSA) is 49.4 Å². The summed E-state index contributed by atoms with van der Waals surface area (Å²) in [5.74, 6) is -0.663. The highest BCUT2D eigenvalue weighted by Gasteiger charge is 2.20. The minimum Gasteiger partial charge on any atom is -0.358 e. The Kier molecular flexibility index (Phi) is 6.15. The van der Waals surface area contributed by atoms with Gasteiger partial charge in [-0.05, 0) is 24.1 Å². The maximum absolute atomic E-state index is 13.3. The summed E-state index contributed by atoms with van der Waals surface area (Å²) in [5, 5.41) is 2.48. The van der Waals surface area contributed by atoms with E-state index < -0.39 is 5.82 Å². The van der Waals surface area contributed by atoms with Crippen LogP contribution in [-0.4, -0.2) is 25.4 Å². The van der Waals surface area contributed by atoms with Crippen LogP contribution < -0.4 is 10.2 Å². The summed E-state index contributed by atoms with van der Waals surface area (Å²) in [6.07, 6.45) is 1.21. The summed E-state index contributed by atoms with van der Waals surface area (Å²) in [7, 11) is 1.51. The van der Waals surface area contributed by atoms with Crippen molar-refractivity contribution in [3.05, 3.63) is 30.1 Å². The van der Waals surface area contributed by atoms with Crippen LogP contribution in [0.4, 0.5) is 10.1 Å². The fourth-order valence-electron chi connectivity index (χ4n) is 1.74. The molecule has 20 heavy (non-hydrogen) atoms. The fraction of sp³-hybridized carbons (Fsp3) is 0.467. The van der Waals surface area contributed by atoms with E-state index in [-0.39, 0.29) is 24.3 Å². The van der Waals surface area contributed by atoms with E-state index in [0.29, 0.717) is 12.1 Å². The third-order valence-electron chi connectivity index (χ3n) is 3.22. The molecule has 1 N–H and O–H groups in total. The zero-order valence-electron chi connectivity index (χ0n) is 12.1. The van der Waals surface area contributed by atoms with Gasteiger partial charge in [0.2, 0.25) is 11.8 Å². The van der Waals surface area contributed by atoms with Gasteiger partial charge in [0.15, 0.2) is 0 Å². The Hall–Kier alpha value is -1.91. The number of nitrogens with one attached hydrogen (secondary N) is 1. The zero-order chi connectivity index (χ0) is 15.1. The van der Waals surface area contributed by atoms with Gasteiger partial charge in [0, 0.05) is 19.2 Å². The van der Waals surface area contributed by atoms with Crippen LogP contribution in [0.3, 0.4) is 0 Å². The van der Waals surface area contributed by atoms with Crippen molar-refractivity contribution in [3.8, 4) is 0 Å². The molecule has 1 atom stereocenters. The normalized spacial score (nSPS) is 11.8. The van der Waals surface area contributed by atoms with Crippen molar-refractivity contribution < 1.29 is 14.0 Å². The van der Waals surface area contributed by atoms with Crippen molar-refractivity contribution in [1.29, 1.82) is 0 Å². The van der Waals surface area contributed by atoms with E-state index in [9.17, 15) is 14.0 Å². The molecule has 0 aliphatic carbocycles.